The average Bonchev–Trinajstić information content (AvgIpc) is 3.16. The van der Waals surface area contributed by atoms with Crippen LogP contribution >= 0.6 is 11.3 Å². The van der Waals surface area contributed by atoms with Gasteiger partial charge in [0, 0.05) is 12.5 Å². The molecule has 134 valence electrons. The molecule has 0 spiro atoms. The Morgan fingerprint density at radius 3 is 2.84 bits per heavy atom. The third-order valence-corrected chi connectivity index (χ3v) is 4.45. The molecule has 2 amide bonds. The molecular weight excluding hydrogens is 358 g/mol. The van der Waals surface area contributed by atoms with Gasteiger partial charge in [-0.1, -0.05) is 11.3 Å². The molecule has 0 bridgehead atoms. The van der Waals surface area contributed by atoms with Crippen molar-refractivity contribution in [2.24, 2.45) is 0 Å². The molecule has 1 fully saturated rings. The number of benzene rings is 1. The van der Waals surface area contributed by atoms with Gasteiger partial charge >= 0.3 is 6.03 Å². The number of rotatable bonds is 4. The average molecular weight is 372 g/mol. The number of nitrogens with zero attached hydrogens (tertiary/aromatic N) is 2. The predicted molar refractivity (Wildman–Crippen MR) is 84.2 cm³/mol. The van der Waals surface area contributed by atoms with Gasteiger partial charge in [0.05, 0.1) is 18.4 Å². The fourth-order valence-electron chi connectivity index (χ4n) is 2.31. The van der Waals surface area contributed by atoms with Gasteiger partial charge in [-0.05, 0) is 12.1 Å². The summed E-state index contributed by atoms with van der Waals surface area (Å²) in [6.07, 6.45) is -1.76. The SMILES string of the molecule is O=C(Nc1nnc([C@H]2C[C@H](O)[C@@H](CO)O2)s1)Nc1ccc(F)cc1F. The number of aliphatic hydroxyl groups excluding tert-OH is 2. The summed E-state index contributed by atoms with van der Waals surface area (Å²) in [6, 6.07) is 1.99. The van der Waals surface area contributed by atoms with Crippen molar-refractivity contribution in [2.75, 3.05) is 17.2 Å². The van der Waals surface area contributed by atoms with Crippen LogP contribution in [-0.4, -0.2) is 45.3 Å². The lowest BCUT2D eigenvalue weighted by molar-refractivity contribution is -0.0227. The Morgan fingerprint density at radius 1 is 1.36 bits per heavy atom. The van der Waals surface area contributed by atoms with Crippen LogP contribution in [0.1, 0.15) is 17.5 Å². The molecule has 1 aromatic heterocycles. The summed E-state index contributed by atoms with van der Waals surface area (Å²) in [5.74, 6) is -1.66. The van der Waals surface area contributed by atoms with Crippen molar-refractivity contribution in [1.82, 2.24) is 10.2 Å². The van der Waals surface area contributed by atoms with Crippen LogP contribution < -0.4 is 10.6 Å². The Bertz CT molecular complexity index is 775. The predicted octanol–water partition coefficient (Wildman–Crippen LogP) is 1.64. The number of carbonyl (C=O) groups excluding carboxylic acids is 1. The minimum absolute atomic E-state index is 0.139. The zero-order chi connectivity index (χ0) is 18.0. The standard InChI is InChI=1S/C14H14F2N4O4S/c15-6-1-2-8(7(16)3-6)17-13(23)18-14-20-19-12(25-14)10-4-9(22)11(5-21)24-10/h1-3,9-11,21-22H,4-5H2,(H2,17,18,20,23)/t9-,10+,11+/m0/s1. The second kappa shape index (κ2) is 7.35. The molecule has 0 radical (unpaired) electrons. The zero-order valence-electron chi connectivity index (χ0n) is 12.6. The highest BCUT2D eigenvalue weighted by Crippen LogP contribution is 2.35. The molecule has 2 heterocycles. The molecule has 3 atom stereocenters. The minimum Gasteiger partial charge on any atom is -0.394 e. The van der Waals surface area contributed by atoms with E-state index in [1.54, 1.807) is 0 Å². The number of urea groups is 1. The maximum absolute atomic E-state index is 13.5. The Labute approximate surface area is 144 Å². The van der Waals surface area contributed by atoms with Crippen LogP contribution in [-0.2, 0) is 4.74 Å². The molecule has 0 unspecified atom stereocenters. The molecular formula is C14H14F2N4O4S. The second-order valence-corrected chi connectivity index (χ2v) is 6.31. The highest BCUT2D eigenvalue weighted by atomic mass is 32.1. The van der Waals surface area contributed by atoms with E-state index in [-0.39, 0.29) is 23.8 Å². The number of anilines is 2. The number of carbonyl (C=O) groups is 1. The van der Waals surface area contributed by atoms with Crippen molar-refractivity contribution >= 4 is 28.2 Å². The van der Waals surface area contributed by atoms with E-state index in [2.05, 4.69) is 20.8 Å². The van der Waals surface area contributed by atoms with Crippen molar-refractivity contribution < 1.29 is 28.5 Å². The fraction of sp³-hybridized carbons (Fsp3) is 0.357. The van der Waals surface area contributed by atoms with Crippen LogP contribution in [0.15, 0.2) is 18.2 Å². The highest BCUT2D eigenvalue weighted by molar-refractivity contribution is 7.15. The van der Waals surface area contributed by atoms with E-state index >= 15 is 0 Å². The molecule has 8 nitrogen and oxygen atoms in total. The van der Waals surface area contributed by atoms with Gasteiger partial charge in [0.15, 0.2) is 0 Å². The quantitative estimate of drug-likeness (QED) is 0.648. The van der Waals surface area contributed by atoms with E-state index in [9.17, 15) is 18.7 Å². The van der Waals surface area contributed by atoms with Crippen LogP contribution in [0.2, 0.25) is 0 Å². The van der Waals surface area contributed by atoms with E-state index in [4.69, 9.17) is 9.84 Å². The minimum atomic E-state index is -0.906. The van der Waals surface area contributed by atoms with E-state index in [1.165, 1.54) is 0 Å². The summed E-state index contributed by atoms with van der Waals surface area (Å²) in [6.45, 7) is -0.312. The molecule has 1 aliphatic rings. The van der Waals surface area contributed by atoms with Crippen LogP contribution in [0, 0.1) is 11.6 Å². The number of hydrogen-bond donors (Lipinski definition) is 4. The topological polar surface area (TPSA) is 117 Å². The van der Waals surface area contributed by atoms with Crippen molar-refractivity contribution in [3.05, 3.63) is 34.8 Å². The molecule has 25 heavy (non-hydrogen) atoms. The van der Waals surface area contributed by atoms with Crippen LogP contribution in [0.4, 0.5) is 24.4 Å². The van der Waals surface area contributed by atoms with Gasteiger partial charge in [0.25, 0.3) is 0 Å². The number of aliphatic hydroxyl groups is 2. The molecule has 0 saturated carbocycles. The maximum atomic E-state index is 13.5. The van der Waals surface area contributed by atoms with Gasteiger partial charge in [-0.2, -0.15) is 0 Å². The molecule has 1 aliphatic heterocycles. The number of amides is 2. The van der Waals surface area contributed by atoms with Gasteiger partial charge in [0.2, 0.25) is 5.13 Å². The van der Waals surface area contributed by atoms with Crippen molar-refractivity contribution in [3.8, 4) is 0 Å². The van der Waals surface area contributed by atoms with Crippen LogP contribution in [0.3, 0.4) is 0 Å². The number of nitrogens with one attached hydrogen (secondary N) is 2. The van der Waals surface area contributed by atoms with Crippen molar-refractivity contribution in [1.29, 1.82) is 0 Å². The lowest BCUT2D eigenvalue weighted by Crippen LogP contribution is -2.24. The first kappa shape index (κ1) is 17.6. The summed E-state index contributed by atoms with van der Waals surface area (Å²) < 4.78 is 31.8. The first-order valence-corrected chi connectivity index (χ1v) is 8.08. The molecule has 2 aromatic rings. The van der Waals surface area contributed by atoms with E-state index in [0.29, 0.717) is 11.1 Å². The highest BCUT2D eigenvalue weighted by Gasteiger charge is 2.36. The smallest absolute Gasteiger partial charge is 0.325 e. The van der Waals surface area contributed by atoms with Gasteiger partial charge in [-0.25, -0.2) is 13.6 Å². The van der Waals surface area contributed by atoms with Crippen LogP contribution in [0.25, 0.3) is 0 Å². The van der Waals surface area contributed by atoms with E-state index < -0.39 is 36.0 Å². The number of ether oxygens (including phenoxy) is 1. The lowest BCUT2D eigenvalue weighted by Gasteiger charge is -2.09. The maximum Gasteiger partial charge on any atom is 0.325 e. The van der Waals surface area contributed by atoms with E-state index in [0.717, 1.165) is 23.5 Å². The van der Waals surface area contributed by atoms with Gasteiger partial charge in [0.1, 0.15) is 28.8 Å². The number of halogens is 2. The van der Waals surface area contributed by atoms with E-state index in [1.807, 2.05) is 0 Å². The summed E-state index contributed by atoms with van der Waals surface area (Å²) in [7, 11) is 0. The summed E-state index contributed by atoms with van der Waals surface area (Å²) >= 11 is 1.02. The Balaban J connectivity index is 1.60. The molecule has 11 heteroatoms. The molecule has 1 saturated heterocycles. The third-order valence-electron chi connectivity index (χ3n) is 3.52. The Hall–Kier alpha value is -2.21. The third kappa shape index (κ3) is 4.07. The van der Waals surface area contributed by atoms with Gasteiger partial charge in [-0.15, -0.1) is 10.2 Å². The molecule has 3 rings (SSSR count). The normalized spacial score (nSPS) is 22.8. The van der Waals surface area contributed by atoms with Crippen molar-refractivity contribution in [3.63, 3.8) is 0 Å². The van der Waals surface area contributed by atoms with Crippen molar-refractivity contribution in [2.45, 2.75) is 24.7 Å². The summed E-state index contributed by atoms with van der Waals surface area (Å²) in [5.41, 5.74) is -0.184. The Morgan fingerprint density at radius 2 is 2.16 bits per heavy atom. The second-order valence-electron chi connectivity index (χ2n) is 5.30. The molecule has 0 aliphatic carbocycles. The first-order valence-electron chi connectivity index (χ1n) is 7.27. The van der Waals surface area contributed by atoms with Gasteiger partial charge < -0.3 is 20.3 Å². The Kier molecular flexibility index (Phi) is 5.18. The lowest BCUT2D eigenvalue weighted by atomic mass is 10.1. The first-order chi connectivity index (χ1) is 12.0. The number of aromatic nitrogens is 2. The monoisotopic (exact) mass is 372 g/mol. The fourth-order valence-corrected chi connectivity index (χ4v) is 3.10. The van der Waals surface area contributed by atoms with Crippen LogP contribution in [0.5, 0.6) is 0 Å². The number of hydrogen-bond acceptors (Lipinski definition) is 7. The largest absolute Gasteiger partial charge is 0.394 e. The summed E-state index contributed by atoms with van der Waals surface area (Å²) in [5, 5.41) is 31.6. The molecule has 1 aromatic carbocycles. The summed E-state index contributed by atoms with van der Waals surface area (Å²) in [4.78, 5) is 11.9. The zero-order valence-corrected chi connectivity index (χ0v) is 13.5. The molecule has 4 N–H and O–H groups in total. The van der Waals surface area contributed by atoms with Gasteiger partial charge in [-0.3, -0.25) is 5.32 Å².